The molecule has 19 heavy (non-hydrogen) atoms. The molecule has 3 rings (SSSR count). The van der Waals surface area contributed by atoms with Gasteiger partial charge in [-0.25, -0.2) is 0 Å². The molecule has 0 aromatic heterocycles. The van der Waals surface area contributed by atoms with Crippen molar-refractivity contribution in [3.8, 4) is 0 Å². The summed E-state index contributed by atoms with van der Waals surface area (Å²) in [4.78, 5) is 14.8. The number of amides is 1. The van der Waals surface area contributed by atoms with Gasteiger partial charge in [0.2, 0.25) is 5.91 Å². The van der Waals surface area contributed by atoms with Gasteiger partial charge < -0.3 is 14.4 Å². The fourth-order valence-corrected chi connectivity index (χ4v) is 3.82. The Morgan fingerprint density at radius 3 is 2.37 bits per heavy atom. The Balaban J connectivity index is 1.69. The van der Waals surface area contributed by atoms with E-state index >= 15 is 0 Å². The summed E-state index contributed by atoms with van der Waals surface area (Å²) in [5, 5.41) is 0. The highest BCUT2D eigenvalue weighted by molar-refractivity contribution is 5.82. The Bertz CT molecular complexity index is 343. The van der Waals surface area contributed by atoms with Crippen LogP contribution in [-0.4, -0.2) is 42.9 Å². The number of carbonyl (C=O) groups is 1. The Hall–Kier alpha value is -0.610. The van der Waals surface area contributed by atoms with Crippen LogP contribution in [0.25, 0.3) is 0 Å². The first-order valence-electron chi connectivity index (χ1n) is 7.71. The lowest BCUT2D eigenvalue weighted by Gasteiger charge is -2.43. The van der Waals surface area contributed by atoms with Crippen LogP contribution < -0.4 is 0 Å². The van der Waals surface area contributed by atoms with Gasteiger partial charge in [-0.1, -0.05) is 26.2 Å². The molecule has 2 saturated heterocycles. The molecule has 0 atom stereocenters. The fraction of sp³-hybridized carbons (Fsp3) is 0.933. The van der Waals surface area contributed by atoms with Crippen molar-refractivity contribution in [3.63, 3.8) is 0 Å². The largest absolute Gasteiger partial charge is 0.346 e. The van der Waals surface area contributed by atoms with Gasteiger partial charge in [0.15, 0.2) is 5.79 Å². The van der Waals surface area contributed by atoms with Gasteiger partial charge in [-0.15, -0.1) is 0 Å². The number of piperidine rings is 1. The molecule has 1 aliphatic carbocycles. The third-order valence-corrected chi connectivity index (χ3v) is 4.99. The van der Waals surface area contributed by atoms with Crippen LogP contribution in [0.4, 0.5) is 0 Å². The zero-order valence-electron chi connectivity index (χ0n) is 12.0. The van der Waals surface area contributed by atoms with Gasteiger partial charge in [0.25, 0.3) is 0 Å². The summed E-state index contributed by atoms with van der Waals surface area (Å²) < 4.78 is 11.5. The van der Waals surface area contributed by atoms with Crippen LogP contribution in [0.1, 0.15) is 51.9 Å². The van der Waals surface area contributed by atoms with E-state index in [-0.39, 0.29) is 5.41 Å². The van der Waals surface area contributed by atoms with Crippen LogP contribution in [-0.2, 0) is 14.3 Å². The van der Waals surface area contributed by atoms with Gasteiger partial charge in [0.1, 0.15) is 0 Å². The van der Waals surface area contributed by atoms with Gasteiger partial charge in [-0.2, -0.15) is 0 Å². The van der Waals surface area contributed by atoms with E-state index in [1.54, 1.807) is 0 Å². The fourth-order valence-electron chi connectivity index (χ4n) is 3.82. The van der Waals surface area contributed by atoms with Crippen molar-refractivity contribution in [1.82, 2.24) is 4.90 Å². The monoisotopic (exact) mass is 267 g/mol. The second-order valence-corrected chi connectivity index (χ2v) is 6.56. The van der Waals surface area contributed by atoms with Crippen LogP contribution in [0.5, 0.6) is 0 Å². The van der Waals surface area contributed by atoms with Crippen LogP contribution in [0.2, 0.25) is 0 Å². The number of hydrogen-bond donors (Lipinski definition) is 0. The molecule has 0 aromatic carbocycles. The summed E-state index contributed by atoms with van der Waals surface area (Å²) in [6, 6.07) is 0. The lowest BCUT2D eigenvalue weighted by atomic mass is 9.74. The van der Waals surface area contributed by atoms with Crippen LogP contribution in [0.3, 0.4) is 0 Å². The number of carbonyl (C=O) groups excluding carboxylic acids is 1. The zero-order chi connectivity index (χ0) is 13.3. The van der Waals surface area contributed by atoms with E-state index in [0.717, 1.165) is 32.2 Å². The first-order chi connectivity index (χ1) is 9.14. The Labute approximate surface area is 115 Å². The normalized spacial score (nSPS) is 29.6. The maximum Gasteiger partial charge on any atom is 0.228 e. The van der Waals surface area contributed by atoms with E-state index in [9.17, 15) is 4.79 Å². The number of rotatable bonds is 1. The molecule has 0 N–H and O–H groups in total. The van der Waals surface area contributed by atoms with E-state index in [4.69, 9.17) is 9.47 Å². The first kappa shape index (κ1) is 13.4. The average molecular weight is 267 g/mol. The second kappa shape index (κ2) is 5.06. The summed E-state index contributed by atoms with van der Waals surface area (Å²) in [6.07, 6.45) is 7.64. The van der Waals surface area contributed by atoms with Crippen molar-refractivity contribution in [2.45, 2.75) is 57.7 Å². The summed E-state index contributed by atoms with van der Waals surface area (Å²) >= 11 is 0. The smallest absolute Gasteiger partial charge is 0.228 e. The summed E-state index contributed by atoms with van der Waals surface area (Å²) in [7, 11) is 0. The van der Waals surface area contributed by atoms with Crippen molar-refractivity contribution >= 4 is 5.91 Å². The van der Waals surface area contributed by atoms with Crippen molar-refractivity contribution in [3.05, 3.63) is 0 Å². The Morgan fingerprint density at radius 2 is 1.68 bits per heavy atom. The molecule has 1 saturated carbocycles. The summed E-state index contributed by atoms with van der Waals surface area (Å²) in [5.74, 6) is -0.163. The second-order valence-electron chi connectivity index (χ2n) is 6.56. The number of hydrogen-bond acceptors (Lipinski definition) is 3. The minimum absolute atomic E-state index is 0.143. The van der Waals surface area contributed by atoms with Gasteiger partial charge in [-0.05, 0) is 19.3 Å². The minimum Gasteiger partial charge on any atom is -0.346 e. The Kier molecular flexibility index (Phi) is 3.56. The van der Waals surface area contributed by atoms with Crippen molar-refractivity contribution in [2.24, 2.45) is 5.41 Å². The van der Waals surface area contributed by atoms with Crippen LogP contribution in [0.15, 0.2) is 0 Å². The maximum atomic E-state index is 12.8. The average Bonchev–Trinajstić information content (AvgIpc) is 2.87. The predicted molar refractivity (Wildman–Crippen MR) is 71.6 cm³/mol. The van der Waals surface area contributed by atoms with Crippen molar-refractivity contribution < 1.29 is 14.3 Å². The molecule has 3 aliphatic rings. The molecule has 0 radical (unpaired) electrons. The van der Waals surface area contributed by atoms with E-state index in [0.29, 0.717) is 25.7 Å². The quantitative estimate of drug-likeness (QED) is 0.732. The summed E-state index contributed by atoms with van der Waals surface area (Å²) in [5.41, 5.74) is -0.143. The van der Waals surface area contributed by atoms with Gasteiger partial charge in [0.05, 0.1) is 19.8 Å². The lowest BCUT2D eigenvalue weighted by molar-refractivity contribution is -0.196. The molecule has 4 heteroatoms. The van der Waals surface area contributed by atoms with E-state index in [2.05, 4.69) is 6.92 Å². The molecule has 0 aromatic rings. The predicted octanol–water partition coefficient (Wildman–Crippen LogP) is 2.32. The van der Waals surface area contributed by atoms with Crippen molar-refractivity contribution in [1.29, 1.82) is 0 Å². The molecule has 2 aliphatic heterocycles. The molecule has 3 fully saturated rings. The molecule has 1 amide bonds. The number of likely N-dealkylation sites (tertiary alicyclic amines) is 1. The van der Waals surface area contributed by atoms with Gasteiger partial charge in [0, 0.05) is 18.4 Å². The van der Waals surface area contributed by atoms with Gasteiger partial charge >= 0.3 is 0 Å². The molecule has 2 heterocycles. The molecular weight excluding hydrogens is 242 g/mol. The van der Waals surface area contributed by atoms with Crippen LogP contribution >= 0.6 is 0 Å². The highest BCUT2D eigenvalue weighted by Gasteiger charge is 2.45. The lowest BCUT2D eigenvalue weighted by Crippen LogP contribution is -2.54. The zero-order valence-corrected chi connectivity index (χ0v) is 12.0. The van der Waals surface area contributed by atoms with Crippen LogP contribution in [0, 0.1) is 5.41 Å². The number of nitrogens with zero attached hydrogens (tertiary/aromatic N) is 1. The van der Waals surface area contributed by atoms with E-state index in [1.165, 1.54) is 19.3 Å². The maximum absolute atomic E-state index is 12.8. The third-order valence-electron chi connectivity index (χ3n) is 4.99. The molecule has 1 spiro atoms. The molecule has 108 valence electrons. The number of ether oxygens (including phenoxy) is 2. The van der Waals surface area contributed by atoms with Gasteiger partial charge in [-0.3, -0.25) is 4.79 Å². The van der Waals surface area contributed by atoms with Crippen molar-refractivity contribution in [2.75, 3.05) is 26.3 Å². The Morgan fingerprint density at radius 1 is 1.00 bits per heavy atom. The minimum atomic E-state index is -0.487. The molecule has 0 unspecified atom stereocenters. The molecule has 0 bridgehead atoms. The first-order valence-corrected chi connectivity index (χ1v) is 7.71. The summed E-state index contributed by atoms with van der Waals surface area (Å²) in [6.45, 7) is 4.97. The highest BCUT2D eigenvalue weighted by atomic mass is 16.7. The third kappa shape index (κ3) is 2.52. The SMILES string of the molecule is CC1(C(=O)N2CCCC3(C2)OCCO3)CCCCC1. The van der Waals surface area contributed by atoms with E-state index in [1.807, 2.05) is 4.90 Å². The van der Waals surface area contributed by atoms with E-state index < -0.39 is 5.79 Å². The molecular formula is C15H25NO3. The molecule has 4 nitrogen and oxygen atoms in total. The highest BCUT2D eigenvalue weighted by Crippen LogP contribution is 2.39. The standard InChI is InChI=1S/C15H25NO3/c1-14(6-3-2-4-7-14)13(17)16-9-5-8-15(12-16)18-10-11-19-15/h2-12H2,1H3. The topological polar surface area (TPSA) is 38.8 Å².